The summed E-state index contributed by atoms with van der Waals surface area (Å²) < 4.78 is 5.43. The van der Waals surface area contributed by atoms with E-state index in [0.29, 0.717) is 18.7 Å². The highest BCUT2D eigenvalue weighted by atomic mass is 32.2. The van der Waals surface area contributed by atoms with Gasteiger partial charge in [-0.15, -0.1) is 0 Å². The summed E-state index contributed by atoms with van der Waals surface area (Å²) in [7, 11) is 1.63. The zero-order valence-electron chi connectivity index (χ0n) is 10.6. The fourth-order valence-corrected chi connectivity index (χ4v) is 3.55. The molecule has 0 aromatic heterocycles. The van der Waals surface area contributed by atoms with Gasteiger partial charge in [-0.2, -0.15) is 11.8 Å². The molecule has 6 heteroatoms. The molecule has 1 heterocycles. The summed E-state index contributed by atoms with van der Waals surface area (Å²) in [4.78, 5) is 24.9. The summed E-state index contributed by atoms with van der Waals surface area (Å²) in [6.45, 7) is 0.528. The van der Waals surface area contributed by atoms with Crippen molar-refractivity contribution in [3.8, 4) is 0 Å². The molecule has 1 N–H and O–H groups in total. The lowest BCUT2D eigenvalue weighted by atomic mass is 9.77. The number of nitrogens with zero attached hydrogens (tertiary/aromatic N) is 1. The number of rotatable bonds is 4. The highest BCUT2D eigenvalue weighted by Gasteiger charge is 2.42. The van der Waals surface area contributed by atoms with Crippen molar-refractivity contribution in [2.24, 2.45) is 0 Å². The molecule has 1 aliphatic carbocycles. The van der Waals surface area contributed by atoms with Crippen LogP contribution in [0.25, 0.3) is 0 Å². The van der Waals surface area contributed by atoms with Crippen molar-refractivity contribution in [1.82, 2.24) is 4.90 Å². The first-order valence-corrected chi connectivity index (χ1v) is 7.39. The molecular weight excluding hydrogens is 254 g/mol. The predicted octanol–water partition coefficient (Wildman–Crippen LogP) is 0.974. The summed E-state index contributed by atoms with van der Waals surface area (Å²) >= 11 is 1.59. The number of aliphatic carboxylic acids is 1. The van der Waals surface area contributed by atoms with Crippen LogP contribution in [-0.2, 0) is 14.3 Å². The Labute approximate surface area is 111 Å². The lowest BCUT2D eigenvalue weighted by Crippen LogP contribution is -2.53. The van der Waals surface area contributed by atoms with E-state index in [4.69, 9.17) is 9.84 Å². The Morgan fingerprint density at radius 2 is 2.22 bits per heavy atom. The first-order valence-electron chi connectivity index (χ1n) is 6.23. The van der Waals surface area contributed by atoms with Crippen LogP contribution in [0.5, 0.6) is 0 Å². The number of amides is 1. The zero-order chi connectivity index (χ0) is 13.2. The van der Waals surface area contributed by atoms with Crippen molar-refractivity contribution in [2.45, 2.75) is 37.3 Å². The van der Waals surface area contributed by atoms with Gasteiger partial charge in [0.05, 0.1) is 12.0 Å². The number of carbonyl (C=O) groups excluding carboxylic acids is 1. The van der Waals surface area contributed by atoms with E-state index in [-0.39, 0.29) is 11.5 Å². The van der Waals surface area contributed by atoms with Crippen LogP contribution in [0.4, 0.5) is 0 Å². The molecule has 0 spiro atoms. The third-order valence-electron chi connectivity index (χ3n) is 3.91. The smallest absolute Gasteiger partial charge is 0.327 e. The first kappa shape index (κ1) is 13.7. The fourth-order valence-electron chi connectivity index (χ4n) is 2.51. The second kappa shape index (κ2) is 5.48. The van der Waals surface area contributed by atoms with Gasteiger partial charge in [0.1, 0.15) is 6.04 Å². The van der Waals surface area contributed by atoms with Gasteiger partial charge in [0.25, 0.3) is 0 Å². The highest BCUT2D eigenvalue weighted by molar-refractivity contribution is 7.99. The van der Waals surface area contributed by atoms with Crippen LogP contribution in [0.3, 0.4) is 0 Å². The number of ether oxygens (including phenoxy) is 1. The molecule has 18 heavy (non-hydrogen) atoms. The second-order valence-corrected chi connectivity index (χ2v) is 6.08. The Kier molecular flexibility index (Phi) is 4.17. The van der Waals surface area contributed by atoms with Crippen molar-refractivity contribution >= 4 is 23.6 Å². The molecule has 0 radical (unpaired) electrons. The van der Waals surface area contributed by atoms with Crippen LogP contribution >= 0.6 is 11.8 Å². The molecule has 1 amide bonds. The largest absolute Gasteiger partial charge is 0.480 e. The summed E-state index contributed by atoms with van der Waals surface area (Å²) in [5.41, 5.74) is -0.329. The molecule has 1 unspecified atom stereocenters. The standard InChI is InChI=1S/C12H19NO4S/c1-17-12(3-2-4-12)7-10(14)13-5-6-18-8-9(13)11(15)16/h9H,2-8H2,1H3,(H,15,16). The summed E-state index contributed by atoms with van der Waals surface area (Å²) in [5.74, 6) is 0.316. The predicted molar refractivity (Wildman–Crippen MR) is 68.7 cm³/mol. The summed E-state index contributed by atoms with van der Waals surface area (Å²) in [5, 5.41) is 9.15. The third-order valence-corrected chi connectivity index (χ3v) is 4.93. The van der Waals surface area contributed by atoms with E-state index in [1.165, 1.54) is 4.90 Å². The lowest BCUT2D eigenvalue weighted by Gasteiger charge is -2.42. The number of hydrogen-bond acceptors (Lipinski definition) is 4. The molecule has 2 rings (SSSR count). The number of hydrogen-bond donors (Lipinski definition) is 1. The van der Waals surface area contributed by atoms with Crippen LogP contribution in [-0.4, -0.2) is 58.7 Å². The molecule has 2 aliphatic rings. The van der Waals surface area contributed by atoms with Gasteiger partial charge >= 0.3 is 5.97 Å². The number of carboxylic acid groups (broad SMARTS) is 1. The van der Waals surface area contributed by atoms with E-state index >= 15 is 0 Å². The fraction of sp³-hybridized carbons (Fsp3) is 0.833. The molecular formula is C12H19NO4S. The molecule has 102 valence electrons. The maximum Gasteiger partial charge on any atom is 0.327 e. The molecule has 1 saturated heterocycles. The minimum absolute atomic E-state index is 0.0794. The average Bonchev–Trinajstić information content (AvgIpc) is 2.33. The Morgan fingerprint density at radius 1 is 1.50 bits per heavy atom. The Hall–Kier alpha value is -0.750. The van der Waals surface area contributed by atoms with Gasteiger partial charge in [-0.05, 0) is 19.3 Å². The number of methoxy groups -OCH3 is 1. The SMILES string of the molecule is COC1(CC(=O)N2CCSCC2C(=O)O)CCC1. The lowest BCUT2D eigenvalue weighted by molar-refractivity contribution is -0.155. The van der Waals surface area contributed by atoms with E-state index in [2.05, 4.69) is 0 Å². The normalized spacial score (nSPS) is 26.5. The van der Waals surface area contributed by atoms with E-state index in [9.17, 15) is 9.59 Å². The monoisotopic (exact) mass is 273 g/mol. The molecule has 1 atom stereocenters. The molecule has 5 nitrogen and oxygen atoms in total. The maximum atomic E-state index is 12.3. The van der Waals surface area contributed by atoms with E-state index in [1.807, 2.05) is 0 Å². The highest BCUT2D eigenvalue weighted by Crippen LogP contribution is 2.38. The summed E-state index contributed by atoms with van der Waals surface area (Å²) in [6, 6.07) is -0.676. The first-order chi connectivity index (χ1) is 8.58. The van der Waals surface area contributed by atoms with Crippen molar-refractivity contribution in [1.29, 1.82) is 0 Å². The van der Waals surface area contributed by atoms with Gasteiger partial charge in [0, 0.05) is 25.2 Å². The minimum atomic E-state index is -0.907. The van der Waals surface area contributed by atoms with E-state index < -0.39 is 12.0 Å². The van der Waals surface area contributed by atoms with Gasteiger partial charge in [0.15, 0.2) is 0 Å². The van der Waals surface area contributed by atoms with Crippen LogP contribution in [0.1, 0.15) is 25.7 Å². The zero-order valence-corrected chi connectivity index (χ0v) is 11.4. The van der Waals surface area contributed by atoms with Crippen LogP contribution in [0, 0.1) is 0 Å². The van der Waals surface area contributed by atoms with Crippen molar-refractivity contribution < 1.29 is 19.4 Å². The summed E-state index contributed by atoms with van der Waals surface area (Å²) in [6.07, 6.45) is 3.20. The van der Waals surface area contributed by atoms with Crippen molar-refractivity contribution in [3.05, 3.63) is 0 Å². The van der Waals surface area contributed by atoms with E-state index in [1.54, 1.807) is 18.9 Å². The Bertz CT molecular complexity index is 337. The van der Waals surface area contributed by atoms with Gasteiger partial charge < -0.3 is 14.7 Å². The van der Waals surface area contributed by atoms with Crippen LogP contribution in [0.2, 0.25) is 0 Å². The molecule has 1 aliphatic heterocycles. The van der Waals surface area contributed by atoms with Crippen LogP contribution < -0.4 is 0 Å². The van der Waals surface area contributed by atoms with Gasteiger partial charge in [-0.1, -0.05) is 0 Å². The molecule has 1 saturated carbocycles. The topological polar surface area (TPSA) is 66.8 Å². The van der Waals surface area contributed by atoms with Gasteiger partial charge in [0.2, 0.25) is 5.91 Å². The van der Waals surface area contributed by atoms with Crippen molar-refractivity contribution in [3.63, 3.8) is 0 Å². The molecule has 0 aromatic rings. The Balaban J connectivity index is 2.00. The molecule has 0 aromatic carbocycles. The third kappa shape index (κ3) is 2.64. The number of thioether (sulfide) groups is 1. The number of carbonyl (C=O) groups is 2. The maximum absolute atomic E-state index is 12.3. The van der Waals surface area contributed by atoms with Crippen molar-refractivity contribution in [2.75, 3.05) is 25.2 Å². The molecule has 2 fully saturated rings. The Morgan fingerprint density at radius 3 is 2.72 bits per heavy atom. The molecule has 0 bridgehead atoms. The quantitative estimate of drug-likeness (QED) is 0.827. The minimum Gasteiger partial charge on any atom is -0.480 e. The second-order valence-electron chi connectivity index (χ2n) is 4.93. The average molecular weight is 273 g/mol. The van der Waals surface area contributed by atoms with E-state index in [0.717, 1.165) is 25.0 Å². The van der Waals surface area contributed by atoms with Gasteiger partial charge in [-0.3, -0.25) is 4.79 Å². The number of carboxylic acids is 1. The van der Waals surface area contributed by atoms with Gasteiger partial charge in [-0.25, -0.2) is 4.79 Å². The van der Waals surface area contributed by atoms with Crippen LogP contribution in [0.15, 0.2) is 0 Å².